The van der Waals surface area contributed by atoms with Crippen LogP contribution >= 0.6 is 0 Å². The molecule has 0 bridgehead atoms. The molecule has 1 fully saturated rings. The fraction of sp³-hybridized carbons (Fsp3) is 0.667. The maximum absolute atomic E-state index is 12.2. The number of amides is 2. The van der Waals surface area contributed by atoms with Crippen LogP contribution in [0.25, 0.3) is 0 Å². The van der Waals surface area contributed by atoms with Crippen LogP contribution in [-0.4, -0.2) is 52.9 Å². The maximum Gasteiger partial charge on any atom is 0.276 e. The largest absolute Gasteiger partial charge is 0.361 e. The number of rotatable bonds is 2. The molecular weight excluding hydrogens is 270 g/mol. The maximum atomic E-state index is 12.2. The molecule has 6 nitrogen and oxygen atoms in total. The van der Waals surface area contributed by atoms with Gasteiger partial charge in [0.15, 0.2) is 5.69 Å². The highest BCUT2D eigenvalue weighted by Gasteiger charge is 2.28. The second-order valence-corrected chi connectivity index (χ2v) is 6.73. The predicted molar refractivity (Wildman–Crippen MR) is 77.8 cm³/mol. The van der Waals surface area contributed by atoms with E-state index in [9.17, 15) is 9.59 Å². The Morgan fingerprint density at radius 1 is 1.19 bits per heavy atom. The molecule has 1 aliphatic rings. The fourth-order valence-electron chi connectivity index (χ4n) is 2.35. The molecular formula is C15H23N3O3. The summed E-state index contributed by atoms with van der Waals surface area (Å²) >= 11 is 0. The van der Waals surface area contributed by atoms with Crippen molar-refractivity contribution in [2.45, 2.75) is 34.1 Å². The molecule has 0 aliphatic carbocycles. The van der Waals surface area contributed by atoms with Crippen molar-refractivity contribution < 1.29 is 14.1 Å². The highest BCUT2D eigenvalue weighted by atomic mass is 16.5. The first-order valence-electron chi connectivity index (χ1n) is 7.27. The van der Waals surface area contributed by atoms with Crippen LogP contribution in [0.15, 0.2) is 10.6 Å². The van der Waals surface area contributed by atoms with E-state index < -0.39 is 0 Å². The first kappa shape index (κ1) is 15.5. The molecule has 2 heterocycles. The van der Waals surface area contributed by atoms with Gasteiger partial charge in [-0.05, 0) is 12.3 Å². The second-order valence-electron chi connectivity index (χ2n) is 6.73. The Morgan fingerprint density at radius 3 is 2.24 bits per heavy atom. The molecule has 0 radical (unpaired) electrons. The molecule has 0 saturated carbocycles. The summed E-state index contributed by atoms with van der Waals surface area (Å²) in [5.41, 5.74) is 0.324. The van der Waals surface area contributed by atoms with Gasteiger partial charge >= 0.3 is 0 Å². The van der Waals surface area contributed by atoms with Crippen molar-refractivity contribution >= 4 is 11.8 Å². The average Bonchev–Trinajstić information content (AvgIpc) is 2.83. The molecule has 1 aliphatic heterocycles. The smallest absolute Gasteiger partial charge is 0.276 e. The second kappa shape index (κ2) is 5.87. The number of piperazine rings is 1. The van der Waals surface area contributed by atoms with Crippen LogP contribution in [0.5, 0.6) is 0 Å². The van der Waals surface area contributed by atoms with E-state index in [4.69, 9.17) is 4.52 Å². The third-order valence-corrected chi connectivity index (χ3v) is 3.45. The van der Waals surface area contributed by atoms with Gasteiger partial charge < -0.3 is 14.3 Å². The normalized spacial score (nSPS) is 16.2. The number of carbonyl (C=O) groups is 2. The van der Waals surface area contributed by atoms with Crippen molar-refractivity contribution in [1.29, 1.82) is 0 Å². The van der Waals surface area contributed by atoms with Gasteiger partial charge in [0, 0.05) is 38.7 Å². The number of nitrogens with zero attached hydrogens (tertiary/aromatic N) is 3. The zero-order chi connectivity index (χ0) is 15.6. The Balaban J connectivity index is 1.88. The Labute approximate surface area is 125 Å². The Hall–Kier alpha value is -1.85. The Kier molecular flexibility index (Phi) is 4.34. The highest BCUT2D eigenvalue weighted by molar-refractivity contribution is 5.92. The predicted octanol–water partition coefficient (Wildman–Crippen LogP) is 1.70. The van der Waals surface area contributed by atoms with Crippen molar-refractivity contribution in [1.82, 2.24) is 15.0 Å². The van der Waals surface area contributed by atoms with E-state index >= 15 is 0 Å². The summed E-state index contributed by atoms with van der Waals surface area (Å²) in [6.45, 7) is 10.2. The van der Waals surface area contributed by atoms with Crippen LogP contribution in [0.2, 0.25) is 0 Å². The lowest BCUT2D eigenvalue weighted by molar-refractivity contribution is -0.134. The first-order valence-corrected chi connectivity index (χ1v) is 7.27. The van der Waals surface area contributed by atoms with Crippen molar-refractivity contribution in [3.63, 3.8) is 0 Å². The summed E-state index contributed by atoms with van der Waals surface area (Å²) in [4.78, 5) is 27.9. The van der Waals surface area contributed by atoms with Crippen LogP contribution < -0.4 is 0 Å². The molecule has 21 heavy (non-hydrogen) atoms. The first-order chi connectivity index (χ1) is 9.76. The Morgan fingerprint density at radius 2 is 1.76 bits per heavy atom. The minimum absolute atomic E-state index is 0.0116. The van der Waals surface area contributed by atoms with E-state index in [2.05, 4.69) is 25.9 Å². The minimum atomic E-state index is -0.130. The van der Waals surface area contributed by atoms with Gasteiger partial charge in [0.05, 0.1) is 0 Å². The summed E-state index contributed by atoms with van der Waals surface area (Å²) in [7, 11) is 0. The van der Waals surface area contributed by atoms with Crippen LogP contribution in [-0.2, 0) is 4.79 Å². The van der Waals surface area contributed by atoms with Gasteiger partial charge in [-0.25, -0.2) is 0 Å². The molecule has 0 unspecified atom stereocenters. The number of aryl methyl sites for hydroxylation is 1. The van der Waals surface area contributed by atoms with Gasteiger partial charge in [-0.3, -0.25) is 9.59 Å². The van der Waals surface area contributed by atoms with E-state index in [-0.39, 0.29) is 17.2 Å². The van der Waals surface area contributed by atoms with Gasteiger partial charge in [0.1, 0.15) is 5.76 Å². The van der Waals surface area contributed by atoms with Gasteiger partial charge in [-0.1, -0.05) is 25.9 Å². The standard InChI is InChI=1S/C15H23N3O3/c1-11-9-12(16-21-11)14(20)18-7-5-17(6-8-18)13(19)10-15(2,3)4/h9H,5-8,10H2,1-4H3. The number of hydrogen-bond donors (Lipinski definition) is 0. The van der Waals surface area contributed by atoms with Crippen molar-refractivity contribution in [2.24, 2.45) is 5.41 Å². The van der Waals surface area contributed by atoms with Crippen LogP contribution in [0.3, 0.4) is 0 Å². The van der Waals surface area contributed by atoms with Gasteiger partial charge in [0.25, 0.3) is 5.91 Å². The summed E-state index contributed by atoms with van der Waals surface area (Å²) in [5, 5.41) is 3.75. The van der Waals surface area contributed by atoms with Crippen LogP contribution in [0.1, 0.15) is 43.4 Å². The Bertz CT molecular complexity index is 523. The lowest BCUT2D eigenvalue weighted by Crippen LogP contribution is -2.51. The van der Waals surface area contributed by atoms with Crippen molar-refractivity contribution in [2.75, 3.05) is 26.2 Å². The van der Waals surface area contributed by atoms with E-state index in [1.54, 1.807) is 17.9 Å². The monoisotopic (exact) mass is 293 g/mol. The third-order valence-electron chi connectivity index (χ3n) is 3.45. The molecule has 116 valence electrons. The molecule has 1 aromatic heterocycles. The molecule has 0 aromatic carbocycles. The van der Waals surface area contributed by atoms with E-state index in [0.29, 0.717) is 44.1 Å². The quantitative estimate of drug-likeness (QED) is 0.832. The zero-order valence-corrected chi connectivity index (χ0v) is 13.2. The lowest BCUT2D eigenvalue weighted by Gasteiger charge is -2.35. The fourth-order valence-corrected chi connectivity index (χ4v) is 2.35. The third kappa shape index (κ3) is 4.06. The molecule has 6 heteroatoms. The summed E-state index contributed by atoms with van der Waals surface area (Å²) in [6.07, 6.45) is 0.531. The lowest BCUT2D eigenvalue weighted by atomic mass is 9.91. The number of aromatic nitrogens is 1. The van der Waals surface area contributed by atoms with Crippen molar-refractivity contribution in [3.8, 4) is 0 Å². The SMILES string of the molecule is Cc1cc(C(=O)N2CCN(C(=O)CC(C)(C)C)CC2)no1. The molecule has 0 spiro atoms. The molecule has 1 saturated heterocycles. The van der Waals surface area contributed by atoms with E-state index in [1.807, 2.05) is 4.90 Å². The summed E-state index contributed by atoms with van der Waals surface area (Å²) in [6, 6.07) is 1.64. The molecule has 0 atom stereocenters. The van der Waals surface area contributed by atoms with Crippen LogP contribution in [0.4, 0.5) is 0 Å². The molecule has 0 N–H and O–H groups in total. The molecule has 1 aromatic rings. The zero-order valence-electron chi connectivity index (χ0n) is 13.2. The molecule has 2 rings (SSSR count). The van der Waals surface area contributed by atoms with E-state index in [0.717, 1.165) is 0 Å². The summed E-state index contributed by atoms with van der Waals surface area (Å²) < 4.78 is 4.93. The highest BCUT2D eigenvalue weighted by Crippen LogP contribution is 2.20. The van der Waals surface area contributed by atoms with Gasteiger partial charge in [-0.15, -0.1) is 0 Å². The van der Waals surface area contributed by atoms with Crippen molar-refractivity contribution in [3.05, 3.63) is 17.5 Å². The van der Waals surface area contributed by atoms with Crippen LogP contribution in [0, 0.1) is 12.3 Å². The topological polar surface area (TPSA) is 66.7 Å². The van der Waals surface area contributed by atoms with E-state index in [1.165, 1.54) is 0 Å². The minimum Gasteiger partial charge on any atom is -0.361 e. The number of carbonyl (C=O) groups excluding carboxylic acids is 2. The average molecular weight is 293 g/mol. The molecule has 2 amide bonds. The van der Waals surface area contributed by atoms with Gasteiger partial charge in [-0.2, -0.15) is 0 Å². The summed E-state index contributed by atoms with van der Waals surface area (Å²) in [5.74, 6) is 0.652. The van der Waals surface area contributed by atoms with Gasteiger partial charge in [0.2, 0.25) is 5.91 Å². The number of hydrogen-bond acceptors (Lipinski definition) is 4.